The number of aliphatic carboxylic acids is 1. The Labute approximate surface area is 99.5 Å². The number of nitrogens with zero attached hydrogens (tertiary/aromatic N) is 2. The molecule has 0 radical (unpaired) electrons. The van der Waals surface area contributed by atoms with Gasteiger partial charge in [-0.25, -0.2) is 0 Å². The number of hydrogen-bond donors (Lipinski definition) is 2. The van der Waals surface area contributed by atoms with Gasteiger partial charge in [0, 0.05) is 18.7 Å². The second-order valence-corrected chi connectivity index (χ2v) is 4.12. The topological polar surface area (TPSA) is 78.9 Å². The van der Waals surface area contributed by atoms with Gasteiger partial charge in [0.2, 0.25) is 0 Å². The average Bonchev–Trinajstić information content (AvgIpc) is 2.78. The molecule has 1 heterocycles. The van der Waals surface area contributed by atoms with E-state index in [4.69, 9.17) is 10.8 Å². The minimum Gasteiger partial charge on any atom is -0.480 e. The van der Waals surface area contributed by atoms with Crippen LogP contribution in [0.2, 0.25) is 0 Å². The second-order valence-electron chi connectivity index (χ2n) is 4.12. The molecular weight excluding hydrogens is 218 g/mol. The van der Waals surface area contributed by atoms with Crippen molar-refractivity contribution in [3.63, 3.8) is 0 Å². The first-order valence-corrected chi connectivity index (χ1v) is 5.52. The Hall–Kier alpha value is -1.88. The highest BCUT2D eigenvalue weighted by Gasteiger charge is 2.23. The van der Waals surface area contributed by atoms with Crippen LogP contribution in [0.25, 0.3) is 0 Å². The molecule has 5 heteroatoms. The lowest BCUT2D eigenvalue weighted by Gasteiger charge is -2.16. The standard InChI is InChI=1S/C12H15N3O2/c13-11(12(16)17)6-9-7-14-15(8-9)10-4-2-1-3-5-10/h1-5,7,9,11H,6,8,13H2,(H,16,17). The van der Waals surface area contributed by atoms with E-state index in [1.807, 2.05) is 35.3 Å². The lowest BCUT2D eigenvalue weighted by atomic mass is 10.0. The first-order chi connectivity index (χ1) is 8.16. The van der Waals surface area contributed by atoms with Crippen LogP contribution in [0.1, 0.15) is 6.42 Å². The van der Waals surface area contributed by atoms with Crippen LogP contribution in [-0.2, 0) is 4.79 Å². The van der Waals surface area contributed by atoms with Gasteiger partial charge in [0.25, 0.3) is 0 Å². The number of hydrogen-bond acceptors (Lipinski definition) is 4. The predicted octanol–water partition coefficient (Wildman–Crippen LogP) is 0.911. The Bertz CT molecular complexity index is 419. The zero-order chi connectivity index (χ0) is 12.3. The number of anilines is 1. The fraction of sp³-hybridized carbons (Fsp3) is 0.333. The van der Waals surface area contributed by atoms with Gasteiger partial charge < -0.3 is 10.8 Å². The summed E-state index contributed by atoms with van der Waals surface area (Å²) >= 11 is 0. The SMILES string of the molecule is NC(CC1C=NN(c2ccccc2)C1)C(=O)O. The van der Waals surface area contributed by atoms with E-state index in [1.165, 1.54) is 0 Å². The number of rotatable bonds is 4. The number of carboxylic acids is 1. The molecule has 1 aromatic carbocycles. The molecule has 0 saturated heterocycles. The molecule has 0 amide bonds. The highest BCUT2D eigenvalue weighted by molar-refractivity contribution is 5.75. The number of nitrogens with two attached hydrogens (primary N) is 1. The molecule has 1 aliphatic heterocycles. The summed E-state index contributed by atoms with van der Waals surface area (Å²) in [4.78, 5) is 10.7. The molecular formula is C12H15N3O2. The summed E-state index contributed by atoms with van der Waals surface area (Å²) in [6, 6.07) is 8.96. The summed E-state index contributed by atoms with van der Waals surface area (Å²) in [5, 5.41) is 14.9. The van der Waals surface area contributed by atoms with Crippen molar-refractivity contribution in [2.75, 3.05) is 11.6 Å². The van der Waals surface area contributed by atoms with Gasteiger partial charge in [-0.3, -0.25) is 9.80 Å². The molecule has 0 spiro atoms. The molecule has 5 nitrogen and oxygen atoms in total. The molecule has 1 aromatic rings. The van der Waals surface area contributed by atoms with E-state index in [1.54, 1.807) is 6.21 Å². The Morgan fingerprint density at radius 2 is 2.24 bits per heavy atom. The fourth-order valence-corrected chi connectivity index (χ4v) is 1.83. The van der Waals surface area contributed by atoms with Crippen LogP contribution in [0.3, 0.4) is 0 Å². The molecule has 17 heavy (non-hydrogen) atoms. The van der Waals surface area contributed by atoms with E-state index in [0.717, 1.165) is 5.69 Å². The van der Waals surface area contributed by atoms with Crippen molar-refractivity contribution in [2.24, 2.45) is 16.8 Å². The normalized spacial score (nSPS) is 20.5. The molecule has 3 N–H and O–H groups in total. The van der Waals surface area contributed by atoms with Crippen molar-refractivity contribution in [1.29, 1.82) is 0 Å². The zero-order valence-electron chi connectivity index (χ0n) is 9.36. The van der Waals surface area contributed by atoms with Crippen LogP contribution in [0.4, 0.5) is 5.69 Å². The van der Waals surface area contributed by atoms with Crippen LogP contribution in [0.5, 0.6) is 0 Å². The van der Waals surface area contributed by atoms with Crippen LogP contribution in [0, 0.1) is 5.92 Å². The molecule has 1 aliphatic rings. The zero-order valence-corrected chi connectivity index (χ0v) is 9.36. The van der Waals surface area contributed by atoms with Gasteiger partial charge >= 0.3 is 5.97 Å². The highest BCUT2D eigenvalue weighted by Crippen LogP contribution is 2.21. The van der Waals surface area contributed by atoms with Gasteiger partial charge in [-0.15, -0.1) is 0 Å². The van der Waals surface area contributed by atoms with Crippen molar-refractivity contribution in [3.05, 3.63) is 30.3 Å². The Morgan fingerprint density at radius 1 is 1.53 bits per heavy atom. The van der Waals surface area contributed by atoms with Gasteiger partial charge in [0.05, 0.1) is 5.69 Å². The van der Waals surface area contributed by atoms with Crippen molar-refractivity contribution in [1.82, 2.24) is 0 Å². The van der Waals surface area contributed by atoms with Crippen molar-refractivity contribution < 1.29 is 9.90 Å². The molecule has 2 rings (SSSR count). The maximum absolute atomic E-state index is 10.7. The van der Waals surface area contributed by atoms with Gasteiger partial charge in [-0.1, -0.05) is 18.2 Å². The van der Waals surface area contributed by atoms with Gasteiger partial charge in [-0.2, -0.15) is 5.10 Å². The smallest absolute Gasteiger partial charge is 0.320 e. The number of carboxylic acid groups (broad SMARTS) is 1. The number of hydrazone groups is 1. The van der Waals surface area contributed by atoms with E-state index >= 15 is 0 Å². The Balaban J connectivity index is 1.93. The molecule has 0 aromatic heterocycles. The van der Waals surface area contributed by atoms with E-state index in [9.17, 15) is 4.79 Å². The lowest BCUT2D eigenvalue weighted by molar-refractivity contribution is -0.138. The average molecular weight is 233 g/mol. The third kappa shape index (κ3) is 2.82. The summed E-state index contributed by atoms with van der Waals surface area (Å²) < 4.78 is 0. The Morgan fingerprint density at radius 3 is 2.88 bits per heavy atom. The largest absolute Gasteiger partial charge is 0.480 e. The number of carbonyl (C=O) groups is 1. The minimum absolute atomic E-state index is 0.0984. The van der Waals surface area contributed by atoms with Crippen molar-refractivity contribution in [2.45, 2.75) is 12.5 Å². The van der Waals surface area contributed by atoms with Gasteiger partial charge in [0.15, 0.2) is 0 Å². The first-order valence-electron chi connectivity index (χ1n) is 5.52. The fourth-order valence-electron chi connectivity index (χ4n) is 1.83. The highest BCUT2D eigenvalue weighted by atomic mass is 16.4. The summed E-state index contributed by atoms with van der Waals surface area (Å²) in [6.07, 6.45) is 2.19. The maximum Gasteiger partial charge on any atom is 0.320 e. The van der Waals surface area contributed by atoms with E-state index in [2.05, 4.69) is 5.10 Å². The third-order valence-electron chi connectivity index (χ3n) is 2.75. The molecule has 0 saturated carbocycles. The minimum atomic E-state index is -0.962. The summed E-state index contributed by atoms with van der Waals surface area (Å²) in [7, 11) is 0. The number of benzene rings is 1. The van der Waals surface area contributed by atoms with Gasteiger partial charge in [0.1, 0.15) is 6.04 Å². The molecule has 0 aliphatic carbocycles. The van der Waals surface area contributed by atoms with E-state index in [-0.39, 0.29) is 5.92 Å². The summed E-state index contributed by atoms with van der Waals surface area (Å²) in [5.41, 5.74) is 6.51. The summed E-state index contributed by atoms with van der Waals surface area (Å²) in [6.45, 7) is 0.686. The molecule has 2 atom stereocenters. The van der Waals surface area contributed by atoms with Crippen LogP contribution in [-0.4, -0.2) is 29.9 Å². The lowest BCUT2D eigenvalue weighted by Crippen LogP contribution is -2.33. The molecule has 0 bridgehead atoms. The Kier molecular flexibility index (Phi) is 3.39. The molecule has 0 fully saturated rings. The van der Waals surface area contributed by atoms with Crippen molar-refractivity contribution >= 4 is 17.9 Å². The predicted molar refractivity (Wildman–Crippen MR) is 66.0 cm³/mol. The molecule has 90 valence electrons. The second kappa shape index (κ2) is 4.97. The maximum atomic E-state index is 10.7. The third-order valence-corrected chi connectivity index (χ3v) is 2.75. The van der Waals surface area contributed by atoms with Crippen molar-refractivity contribution in [3.8, 4) is 0 Å². The van der Waals surface area contributed by atoms with Crippen LogP contribution in [0.15, 0.2) is 35.4 Å². The van der Waals surface area contributed by atoms with Crippen LogP contribution >= 0.6 is 0 Å². The van der Waals surface area contributed by atoms with E-state index < -0.39 is 12.0 Å². The monoisotopic (exact) mass is 233 g/mol. The first kappa shape index (κ1) is 11.6. The van der Waals surface area contributed by atoms with Gasteiger partial charge in [-0.05, 0) is 18.6 Å². The number of para-hydroxylation sites is 1. The summed E-state index contributed by atoms with van der Waals surface area (Å²) in [5.74, 6) is -0.863. The van der Waals surface area contributed by atoms with E-state index in [0.29, 0.717) is 13.0 Å². The quantitative estimate of drug-likeness (QED) is 0.810. The van der Waals surface area contributed by atoms with Crippen LogP contribution < -0.4 is 10.7 Å². The molecule has 2 unspecified atom stereocenters.